The van der Waals surface area contributed by atoms with Crippen LogP contribution < -0.4 is 4.90 Å². The highest BCUT2D eigenvalue weighted by molar-refractivity contribution is 7.22. The van der Waals surface area contributed by atoms with Crippen LogP contribution in [0.5, 0.6) is 0 Å². The van der Waals surface area contributed by atoms with Crippen LogP contribution >= 0.6 is 11.3 Å². The van der Waals surface area contributed by atoms with Crippen molar-refractivity contribution in [3.05, 3.63) is 23.3 Å². The minimum absolute atomic E-state index is 0.426. The quantitative estimate of drug-likeness (QED) is 0.827. The molecule has 1 saturated heterocycles. The first-order chi connectivity index (χ1) is 9.06. The smallest absolute Gasteiger partial charge is 0.243 e. The fourth-order valence-corrected chi connectivity index (χ4v) is 3.58. The van der Waals surface area contributed by atoms with Gasteiger partial charge in [-0.2, -0.15) is 0 Å². The molecule has 19 heavy (non-hydrogen) atoms. The number of anilines is 1. The Hall–Kier alpha value is -1.23. The van der Waals surface area contributed by atoms with E-state index >= 15 is 0 Å². The van der Waals surface area contributed by atoms with Gasteiger partial charge in [0.1, 0.15) is 0 Å². The fraction of sp³-hybridized carbons (Fsp3) is 0.500. The van der Waals surface area contributed by atoms with Gasteiger partial charge in [0.15, 0.2) is 5.13 Å². The van der Waals surface area contributed by atoms with Gasteiger partial charge in [-0.25, -0.2) is 13.8 Å². The lowest BCUT2D eigenvalue weighted by Gasteiger charge is -2.14. The number of hydrogen-bond acceptors (Lipinski definition) is 3. The van der Waals surface area contributed by atoms with E-state index in [1.807, 2.05) is 4.90 Å². The molecule has 0 N–H and O–H groups in total. The minimum atomic E-state index is -2.22. The van der Waals surface area contributed by atoms with Crippen molar-refractivity contribution in [1.82, 2.24) is 4.98 Å². The lowest BCUT2D eigenvalue weighted by atomic mass is 10.1. The van der Waals surface area contributed by atoms with Crippen LogP contribution in [-0.4, -0.2) is 24.5 Å². The molecule has 1 aromatic heterocycles. The molecule has 5 heteroatoms. The third-order valence-electron chi connectivity index (χ3n) is 3.93. The summed E-state index contributed by atoms with van der Waals surface area (Å²) in [4.78, 5) is 6.64. The molecule has 2 nitrogen and oxygen atoms in total. The van der Waals surface area contributed by atoms with Crippen LogP contribution in [0.3, 0.4) is 0 Å². The van der Waals surface area contributed by atoms with Crippen LogP contribution in [0, 0.1) is 19.8 Å². The van der Waals surface area contributed by atoms with Gasteiger partial charge < -0.3 is 4.90 Å². The topological polar surface area (TPSA) is 16.1 Å². The van der Waals surface area contributed by atoms with Crippen molar-refractivity contribution in [3.63, 3.8) is 0 Å². The molecule has 1 aromatic carbocycles. The van der Waals surface area contributed by atoms with E-state index in [1.54, 1.807) is 11.3 Å². The Morgan fingerprint density at radius 3 is 2.84 bits per heavy atom. The number of alkyl halides is 2. The molecule has 0 radical (unpaired) electrons. The SMILES string of the molecule is Cc1ccc2sc(N3CCC(C(F)F)C3)nc2c1C. The van der Waals surface area contributed by atoms with Crippen molar-refractivity contribution in [1.29, 1.82) is 0 Å². The highest BCUT2D eigenvalue weighted by Crippen LogP contribution is 2.35. The number of fused-ring (bicyclic) bond motifs is 1. The number of rotatable bonds is 2. The van der Waals surface area contributed by atoms with Gasteiger partial charge >= 0.3 is 0 Å². The molecule has 0 spiro atoms. The number of aromatic nitrogens is 1. The molecule has 2 aromatic rings. The van der Waals surface area contributed by atoms with Crippen LogP contribution in [0.15, 0.2) is 12.1 Å². The number of halogens is 2. The molecule has 0 amide bonds. The van der Waals surface area contributed by atoms with Gasteiger partial charge in [-0.1, -0.05) is 17.4 Å². The van der Waals surface area contributed by atoms with Crippen molar-refractivity contribution < 1.29 is 8.78 Å². The summed E-state index contributed by atoms with van der Waals surface area (Å²) in [5.74, 6) is -0.505. The number of benzene rings is 1. The number of nitrogens with zero attached hydrogens (tertiary/aromatic N) is 2. The molecule has 3 rings (SSSR count). The molecule has 0 saturated carbocycles. The zero-order valence-corrected chi connectivity index (χ0v) is 11.8. The first-order valence-electron chi connectivity index (χ1n) is 6.46. The average molecular weight is 282 g/mol. The van der Waals surface area contributed by atoms with Crippen LogP contribution in [0.1, 0.15) is 17.5 Å². The second-order valence-electron chi connectivity index (χ2n) is 5.18. The first-order valence-corrected chi connectivity index (χ1v) is 7.27. The van der Waals surface area contributed by atoms with Gasteiger partial charge in [0, 0.05) is 19.0 Å². The molecular weight excluding hydrogens is 266 g/mol. The number of aryl methyl sites for hydroxylation is 2. The van der Waals surface area contributed by atoms with Gasteiger partial charge in [0.25, 0.3) is 0 Å². The molecule has 1 fully saturated rings. The molecule has 102 valence electrons. The fourth-order valence-electron chi connectivity index (χ4n) is 2.52. The normalized spacial score (nSPS) is 19.8. The van der Waals surface area contributed by atoms with Crippen molar-refractivity contribution in [2.24, 2.45) is 5.92 Å². The Labute approximate surface area is 115 Å². The van der Waals surface area contributed by atoms with Crippen LogP contribution in [0.4, 0.5) is 13.9 Å². The standard InChI is InChI=1S/C14H16F2N2S/c1-8-3-4-11-12(9(8)2)17-14(19-11)18-6-5-10(7-18)13(15)16/h3-4,10,13H,5-7H2,1-2H3. The molecule has 1 aliphatic heterocycles. The van der Waals surface area contributed by atoms with Gasteiger partial charge in [-0.05, 0) is 37.5 Å². The zero-order valence-electron chi connectivity index (χ0n) is 11.0. The zero-order chi connectivity index (χ0) is 13.6. The van der Waals surface area contributed by atoms with Crippen molar-refractivity contribution in [2.45, 2.75) is 26.7 Å². The molecule has 1 unspecified atom stereocenters. The predicted octanol–water partition coefficient (Wildman–Crippen LogP) is 4.00. The Morgan fingerprint density at radius 2 is 2.16 bits per heavy atom. The Morgan fingerprint density at radius 1 is 1.37 bits per heavy atom. The van der Waals surface area contributed by atoms with Gasteiger partial charge in [0.05, 0.1) is 10.2 Å². The average Bonchev–Trinajstić information content (AvgIpc) is 2.99. The molecule has 2 heterocycles. The maximum Gasteiger partial charge on any atom is 0.243 e. The van der Waals surface area contributed by atoms with E-state index in [-0.39, 0.29) is 0 Å². The van der Waals surface area contributed by atoms with E-state index < -0.39 is 12.3 Å². The summed E-state index contributed by atoms with van der Waals surface area (Å²) in [6.07, 6.45) is -1.66. The maximum absolute atomic E-state index is 12.7. The second-order valence-corrected chi connectivity index (χ2v) is 6.19. The largest absolute Gasteiger partial charge is 0.348 e. The van der Waals surface area contributed by atoms with E-state index in [0.717, 1.165) is 15.3 Å². The van der Waals surface area contributed by atoms with Gasteiger partial charge in [-0.15, -0.1) is 0 Å². The highest BCUT2D eigenvalue weighted by atomic mass is 32.1. The summed E-state index contributed by atoms with van der Waals surface area (Å²) in [6.45, 7) is 5.24. The Bertz CT molecular complexity index is 609. The van der Waals surface area contributed by atoms with Crippen molar-refractivity contribution in [2.75, 3.05) is 18.0 Å². The summed E-state index contributed by atoms with van der Waals surface area (Å²) in [5, 5.41) is 0.881. The summed E-state index contributed by atoms with van der Waals surface area (Å²) < 4.78 is 26.6. The monoisotopic (exact) mass is 282 g/mol. The minimum Gasteiger partial charge on any atom is -0.348 e. The lowest BCUT2D eigenvalue weighted by Crippen LogP contribution is -2.21. The molecule has 0 aliphatic carbocycles. The van der Waals surface area contributed by atoms with Crippen molar-refractivity contribution >= 4 is 26.7 Å². The molecular formula is C14H16F2N2S. The number of hydrogen-bond donors (Lipinski definition) is 0. The summed E-state index contributed by atoms with van der Waals surface area (Å²) in [5.41, 5.74) is 3.42. The van der Waals surface area contributed by atoms with E-state index in [9.17, 15) is 8.78 Å². The maximum atomic E-state index is 12.7. The van der Waals surface area contributed by atoms with Crippen LogP contribution in [-0.2, 0) is 0 Å². The molecule has 1 aliphatic rings. The molecule has 1 atom stereocenters. The van der Waals surface area contributed by atoms with Crippen LogP contribution in [0.25, 0.3) is 10.2 Å². The van der Waals surface area contributed by atoms with Gasteiger partial charge in [-0.3, -0.25) is 0 Å². The second kappa shape index (κ2) is 4.71. The lowest BCUT2D eigenvalue weighted by molar-refractivity contribution is 0.0880. The Kier molecular flexibility index (Phi) is 3.17. The van der Waals surface area contributed by atoms with Crippen molar-refractivity contribution in [3.8, 4) is 0 Å². The van der Waals surface area contributed by atoms with Crippen LogP contribution in [0.2, 0.25) is 0 Å². The summed E-state index contributed by atoms with van der Waals surface area (Å²) in [6, 6.07) is 4.16. The number of thiazole rings is 1. The summed E-state index contributed by atoms with van der Waals surface area (Å²) >= 11 is 1.60. The van der Waals surface area contributed by atoms with E-state index in [4.69, 9.17) is 0 Å². The highest BCUT2D eigenvalue weighted by Gasteiger charge is 2.31. The Balaban J connectivity index is 1.92. The third-order valence-corrected chi connectivity index (χ3v) is 5.01. The third kappa shape index (κ3) is 2.20. The predicted molar refractivity (Wildman–Crippen MR) is 75.4 cm³/mol. The summed E-state index contributed by atoms with van der Waals surface area (Å²) in [7, 11) is 0. The van der Waals surface area contributed by atoms with E-state index in [0.29, 0.717) is 19.5 Å². The molecule has 0 bridgehead atoms. The first kappa shape index (κ1) is 12.8. The van der Waals surface area contributed by atoms with E-state index in [2.05, 4.69) is 31.0 Å². The van der Waals surface area contributed by atoms with Gasteiger partial charge in [0.2, 0.25) is 6.43 Å². The van der Waals surface area contributed by atoms with E-state index in [1.165, 1.54) is 11.1 Å².